The summed E-state index contributed by atoms with van der Waals surface area (Å²) in [5.74, 6) is -1.73. The number of aliphatic carboxylic acids is 1. The molecule has 7 nitrogen and oxygen atoms in total. The smallest absolute Gasteiger partial charge is 0.407 e. The van der Waals surface area contributed by atoms with Crippen LogP contribution < -0.4 is 10.6 Å². The second-order valence-electron chi connectivity index (χ2n) is 10.6. The van der Waals surface area contributed by atoms with Crippen molar-refractivity contribution in [3.8, 4) is 11.1 Å². The zero-order valence-corrected chi connectivity index (χ0v) is 20.5. The molecule has 0 bridgehead atoms. The molecular weight excluding hydrogens is 444 g/mol. The zero-order valence-electron chi connectivity index (χ0n) is 20.5. The van der Waals surface area contributed by atoms with Crippen molar-refractivity contribution in [3.63, 3.8) is 0 Å². The lowest BCUT2D eigenvalue weighted by Crippen LogP contribution is -2.54. The number of carboxylic acid groups (broad SMARTS) is 1. The molecular formula is C28H34N2O5. The molecule has 3 atom stereocenters. The quantitative estimate of drug-likeness (QED) is 0.541. The Bertz CT molecular complexity index is 1060. The summed E-state index contributed by atoms with van der Waals surface area (Å²) in [5, 5.41) is 15.0. The number of carbonyl (C=O) groups is 3. The van der Waals surface area contributed by atoms with E-state index in [-0.39, 0.29) is 30.9 Å². The topological polar surface area (TPSA) is 105 Å². The molecule has 2 aromatic rings. The molecule has 186 valence electrons. The summed E-state index contributed by atoms with van der Waals surface area (Å²) in [7, 11) is 0. The van der Waals surface area contributed by atoms with Crippen LogP contribution in [0.5, 0.6) is 0 Å². The molecule has 0 radical (unpaired) electrons. The minimum Gasteiger partial charge on any atom is -0.481 e. The number of carboxylic acids is 1. The van der Waals surface area contributed by atoms with Crippen molar-refractivity contribution < 1.29 is 24.2 Å². The second-order valence-corrected chi connectivity index (χ2v) is 10.6. The highest BCUT2D eigenvalue weighted by Gasteiger charge is 2.37. The van der Waals surface area contributed by atoms with E-state index < -0.39 is 29.4 Å². The van der Waals surface area contributed by atoms with Gasteiger partial charge in [-0.25, -0.2) is 4.79 Å². The van der Waals surface area contributed by atoms with E-state index in [2.05, 4.69) is 34.9 Å². The SMILES string of the molecule is CC(C)(C)[C@@H](NC(=O)OCC1c2ccccc2-c2ccccc21)C(=O)NCC1CCCC1C(=O)O. The Kier molecular flexibility index (Phi) is 7.15. The molecule has 1 saturated carbocycles. The van der Waals surface area contributed by atoms with Crippen LogP contribution >= 0.6 is 0 Å². The molecule has 1 fully saturated rings. The molecule has 2 aromatic carbocycles. The number of nitrogens with one attached hydrogen (secondary N) is 2. The fourth-order valence-electron chi connectivity index (χ4n) is 5.37. The molecule has 4 rings (SSSR count). The standard InChI is InChI=1S/C28H34N2O5/c1-28(2,3)24(25(31)29-15-17-9-8-14-18(17)26(32)33)30-27(34)35-16-23-21-12-6-4-10-19(21)20-11-5-7-13-22(20)23/h4-7,10-13,17-18,23-24H,8-9,14-16H2,1-3H3,(H,29,31)(H,30,34)(H,32,33)/t17?,18?,24-/m0/s1. The van der Waals surface area contributed by atoms with Crippen molar-refractivity contribution in [2.75, 3.05) is 13.2 Å². The average molecular weight is 479 g/mol. The van der Waals surface area contributed by atoms with Crippen LogP contribution in [0.4, 0.5) is 4.79 Å². The highest BCUT2D eigenvalue weighted by molar-refractivity contribution is 5.86. The van der Waals surface area contributed by atoms with Gasteiger partial charge < -0.3 is 20.5 Å². The number of rotatable bonds is 7. The molecule has 2 aliphatic carbocycles. The van der Waals surface area contributed by atoms with Crippen molar-refractivity contribution >= 4 is 18.0 Å². The van der Waals surface area contributed by atoms with Gasteiger partial charge in [0.1, 0.15) is 12.6 Å². The van der Waals surface area contributed by atoms with E-state index >= 15 is 0 Å². The third-order valence-electron chi connectivity index (χ3n) is 7.25. The van der Waals surface area contributed by atoms with Crippen LogP contribution in [0.25, 0.3) is 11.1 Å². The van der Waals surface area contributed by atoms with Gasteiger partial charge in [-0.05, 0) is 46.4 Å². The minimum atomic E-state index is -0.817. The molecule has 2 unspecified atom stereocenters. The summed E-state index contributed by atoms with van der Waals surface area (Å²) >= 11 is 0. The Hall–Kier alpha value is -3.35. The second kappa shape index (κ2) is 10.1. The summed E-state index contributed by atoms with van der Waals surface area (Å²) in [6, 6.07) is 15.4. The first-order chi connectivity index (χ1) is 16.7. The van der Waals surface area contributed by atoms with Crippen molar-refractivity contribution in [2.45, 2.75) is 52.0 Å². The predicted molar refractivity (Wildman–Crippen MR) is 133 cm³/mol. The number of amides is 2. The number of benzene rings is 2. The van der Waals surface area contributed by atoms with Crippen molar-refractivity contribution in [1.82, 2.24) is 10.6 Å². The third-order valence-corrected chi connectivity index (χ3v) is 7.25. The molecule has 2 aliphatic rings. The van der Waals surface area contributed by atoms with Gasteiger partial charge in [0.15, 0.2) is 0 Å². The number of alkyl carbamates (subject to hydrolysis) is 1. The Labute approximate surface area is 206 Å². The number of hydrogen-bond donors (Lipinski definition) is 3. The maximum Gasteiger partial charge on any atom is 0.407 e. The Morgan fingerprint density at radius 1 is 1.00 bits per heavy atom. The van der Waals surface area contributed by atoms with Gasteiger partial charge in [0.25, 0.3) is 0 Å². The largest absolute Gasteiger partial charge is 0.481 e. The molecule has 35 heavy (non-hydrogen) atoms. The number of carbonyl (C=O) groups excluding carboxylic acids is 2. The first-order valence-electron chi connectivity index (χ1n) is 12.3. The van der Waals surface area contributed by atoms with Crippen LogP contribution in [-0.2, 0) is 14.3 Å². The first kappa shape index (κ1) is 24.8. The normalized spacial score (nSPS) is 20.0. The predicted octanol–water partition coefficient (Wildman–Crippen LogP) is 4.56. The lowest BCUT2D eigenvalue weighted by atomic mass is 9.86. The Morgan fingerprint density at radius 2 is 1.60 bits per heavy atom. The molecule has 7 heteroatoms. The molecule has 3 N–H and O–H groups in total. The summed E-state index contributed by atoms with van der Waals surface area (Å²) < 4.78 is 5.63. The van der Waals surface area contributed by atoms with Gasteiger partial charge in [-0.3, -0.25) is 9.59 Å². The van der Waals surface area contributed by atoms with E-state index in [9.17, 15) is 19.5 Å². The van der Waals surface area contributed by atoms with Gasteiger partial charge in [0, 0.05) is 12.5 Å². The summed E-state index contributed by atoms with van der Waals surface area (Å²) in [6.45, 7) is 6.07. The lowest BCUT2D eigenvalue weighted by Gasteiger charge is -2.30. The highest BCUT2D eigenvalue weighted by Crippen LogP contribution is 2.44. The van der Waals surface area contributed by atoms with E-state index in [0.717, 1.165) is 35.1 Å². The molecule has 0 heterocycles. The lowest BCUT2D eigenvalue weighted by molar-refractivity contribution is -0.143. The van der Waals surface area contributed by atoms with E-state index in [1.807, 2.05) is 45.0 Å². The van der Waals surface area contributed by atoms with Crippen LogP contribution in [0.2, 0.25) is 0 Å². The zero-order chi connectivity index (χ0) is 25.2. The van der Waals surface area contributed by atoms with Gasteiger partial charge >= 0.3 is 12.1 Å². The van der Waals surface area contributed by atoms with E-state index in [4.69, 9.17) is 4.74 Å². The van der Waals surface area contributed by atoms with Gasteiger partial charge in [0.2, 0.25) is 5.91 Å². The monoisotopic (exact) mass is 478 g/mol. The van der Waals surface area contributed by atoms with Crippen LogP contribution in [0.15, 0.2) is 48.5 Å². The van der Waals surface area contributed by atoms with Crippen LogP contribution in [0, 0.1) is 17.3 Å². The minimum absolute atomic E-state index is 0.0645. The van der Waals surface area contributed by atoms with Gasteiger partial charge in [0.05, 0.1) is 5.92 Å². The average Bonchev–Trinajstić information content (AvgIpc) is 3.42. The fourth-order valence-corrected chi connectivity index (χ4v) is 5.37. The maximum atomic E-state index is 13.0. The maximum absolute atomic E-state index is 13.0. The number of hydrogen-bond acceptors (Lipinski definition) is 4. The molecule has 0 aliphatic heterocycles. The Morgan fingerprint density at radius 3 is 2.17 bits per heavy atom. The highest BCUT2D eigenvalue weighted by atomic mass is 16.5. The number of ether oxygens (including phenoxy) is 1. The van der Waals surface area contributed by atoms with Gasteiger partial charge in [-0.2, -0.15) is 0 Å². The fraction of sp³-hybridized carbons (Fsp3) is 0.464. The van der Waals surface area contributed by atoms with E-state index in [1.165, 1.54) is 0 Å². The van der Waals surface area contributed by atoms with Crippen LogP contribution in [0.3, 0.4) is 0 Å². The van der Waals surface area contributed by atoms with Crippen molar-refractivity contribution in [3.05, 3.63) is 59.7 Å². The van der Waals surface area contributed by atoms with E-state index in [1.54, 1.807) is 0 Å². The van der Waals surface area contributed by atoms with Gasteiger partial charge in [-0.15, -0.1) is 0 Å². The molecule has 2 amide bonds. The van der Waals surface area contributed by atoms with E-state index in [0.29, 0.717) is 6.42 Å². The van der Waals surface area contributed by atoms with Crippen LogP contribution in [0.1, 0.15) is 57.1 Å². The Balaban J connectivity index is 1.38. The molecule has 0 saturated heterocycles. The van der Waals surface area contributed by atoms with Crippen molar-refractivity contribution in [2.24, 2.45) is 17.3 Å². The number of fused-ring (bicyclic) bond motifs is 3. The van der Waals surface area contributed by atoms with Crippen molar-refractivity contribution in [1.29, 1.82) is 0 Å². The van der Waals surface area contributed by atoms with Gasteiger partial charge in [-0.1, -0.05) is 75.7 Å². The molecule has 0 aromatic heterocycles. The summed E-state index contributed by atoms with van der Waals surface area (Å²) in [5.41, 5.74) is 3.98. The van der Waals surface area contributed by atoms with Crippen LogP contribution in [-0.4, -0.2) is 42.3 Å². The molecule has 0 spiro atoms. The third kappa shape index (κ3) is 5.34. The summed E-state index contributed by atoms with van der Waals surface area (Å²) in [6.07, 6.45) is 1.61. The summed E-state index contributed by atoms with van der Waals surface area (Å²) in [4.78, 5) is 37.3. The first-order valence-corrected chi connectivity index (χ1v) is 12.3.